The third kappa shape index (κ3) is 2.63. The lowest BCUT2D eigenvalue weighted by Crippen LogP contribution is -2.06. The molecule has 102 valence electrons. The largest absolute Gasteiger partial charge is 0.496 e. The molecule has 19 heavy (non-hydrogen) atoms. The Kier molecular flexibility index (Phi) is 3.90. The van der Waals surface area contributed by atoms with Gasteiger partial charge in [0.15, 0.2) is 0 Å². The minimum Gasteiger partial charge on any atom is -0.496 e. The van der Waals surface area contributed by atoms with E-state index in [1.54, 1.807) is 7.11 Å². The minimum absolute atomic E-state index is 0.479. The van der Waals surface area contributed by atoms with E-state index in [2.05, 4.69) is 31.1 Å². The van der Waals surface area contributed by atoms with Gasteiger partial charge in [0.25, 0.3) is 0 Å². The Bertz CT molecular complexity index is 587. The summed E-state index contributed by atoms with van der Waals surface area (Å²) in [7, 11) is 1.67. The number of nitrogens with two attached hydrogens (primary N) is 1. The van der Waals surface area contributed by atoms with Gasteiger partial charge >= 0.3 is 0 Å². The van der Waals surface area contributed by atoms with Gasteiger partial charge in [-0.15, -0.1) is 0 Å². The van der Waals surface area contributed by atoms with Gasteiger partial charge in [-0.05, 0) is 44.0 Å². The summed E-state index contributed by atoms with van der Waals surface area (Å²) < 4.78 is 7.32. The highest BCUT2D eigenvalue weighted by Gasteiger charge is 2.09. The van der Waals surface area contributed by atoms with Gasteiger partial charge in [0.05, 0.1) is 19.3 Å². The van der Waals surface area contributed by atoms with Crippen LogP contribution in [0.5, 0.6) is 5.75 Å². The second-order valence-corrected chi connectivity index (χ2v) is 4.80. The van der Waals surface area contributed by atoms with Crippen LogP contribution in [-0.2, 0) is 13.1 Å². The molecule has 1 aromatic carbocycles. The Labute approximate surface area is 114 Å². The maximum Gasteiger partial charge on any atom is 0.123 e. The number of hydrogen-bond donors (Lipinski definition) is 1. The Hall–Kier alpha value is -1.81. The number of methoxy groups -OCH3 is 1. The third-order valence-electron chi connectivity index (χ3n) is 3.64. The first kappa shape index (κ1) is 13.6. The van der Waals surface area contributed by atoms with E-state index in [1.165, 1.54) is 16.8 Å². The number of ether oxygens (including phenoxy) is 1. The Balaban J connectivity index is 2.30. The summed E-state index contributed by atoms with van der Waals surface area (Å²) in [5.74, 6) is 0.843. The van der Waals surface area contributed by atoms with Crippen molar-refractivity contribution in [3.8, 4) is 5.75 Å². The predicted molar refractivity (Wildman–Crippen MR) is 76.4 cm³/mol. The van der Waals surface area contributed by atoms with Crippen LogP contribution in [0.1, 0.15) is 28.1 Å². The number of benzene rings is 1. The van der Waals surface area contributed by atoms with E-state index in [1.807, 2.05) is 17.7 Å². The highest BCUT2D eigenvalue weighted by molar-refractivity contribution is 5.37. The molecule has 0 aliphatic heterocycles. The molecule has 0 bridgehead atoms. The summed E-state index contributed by atoms with van der Waals surface area (Å²) in [4.78, 5) is 0. The lowest BCUT2D eigenvalue weighted by atomic mass is 10.1. The molecule has 2 aromatic rings. The van der Waals surface area contributed by atoms with Gasteiger partial charge < -0.3 is 10.5 Å². The first-order valence-electron chi connectivity index (χ1n) is 6.43. The molecule has 0 amide bonds. The van der Waals surface area contributed by atoms with Crippen molar-refractivity contribution < 1.29 is 4.74 Å². The SMILES string of the molecule is COc1ccc(Cn2nc(C)c(C)c2C)cc1CN. The normalized spacial score (nSPS) is 10.8. The Morgan fingerprint density at radius 1 is 1.26 bits per heavy atom. The maximum absolute atomic E-state index is 5.74. The molecule has 0 aliphatic carbocycles. The average Bonchev–Trinajstić information content (AvgIpc) is 2.66. The van der Waals surface area contributed by atoms with Crippen molar-refractivity contribution in [1.29, 1.82) is 0 Å². The van der Waals surface area contributed by atoms with Gasteiger partial charge in [0, 0.05) is 17.8 Å². The lowest BCUT2D eigenvalue weighted by Gasteiger charge is -2.10. The van der Waals surface area contributed by atoms with Crippen LogP contribution in [0.3, 0.4) is 0 Å². The molecule has 4 heteroatoms. The number of aromatic nitrogens is 2. The van der Waals surface area contributed by atoms with E-state index in [4.69, 9.17) is 10.5 Å². The summed E-state index contributed by atoms with van der Waals surface area (Å²) in [6.45, 7) is 7.49. The van der Waals surface area contributed by atoms with Gasteiger partial charge in [-0.3, -0.25) is 4.68 Å². The first-order chi connectivity index (χ1) is 9.06. The van der Waals surface area contributed by atoms with Crippen LogP contribution in [0.15, 0.2) is 18.2 Å². The van der Waals surface area contributed by atoms with Crippen LogP contribution in [0, 0.1) is 20.8 Å². The molecule has 4 nitrogen and oxygen atoms in total. The van der Waals surface area contributed by atoms with Crippen molar-refractivity contribution in [1.82, 2.24) is 9.78 Å². The quantitative estimate of drug-likeness (QED) is 0.916. The highest BCUT2D eigenvalue weighted by Crippen LogP contribution is 2.20. The summed E-state index contributed by atoms with van der Waals surface area (Å²) in [5, 5.41) is 4.56. The monoisotopic (exact) mass is 259 g/mol. The van der Waals surface area contributed by atoms with E-state index >= 15 is 0 Å². The number of nitrogens with zero attached hydrogens (tertiary/aromatic N) is 2. The van der Waals surface area contributed by atoms with Crippen LogP contribution in [0.25, 0.3) is 0 Å². The zero-order valence-corrected chi connectivity index (χ0v) is 12.0. The second-order valence-electron chi connectivity index (χ2n) is 4.80. The summed E-state index contributed by atoms with van der Waals surface area (Å²) in [5.41, 5.74) is 11.5. The standard InChI is InChI=1S/C15H21N3O/c1-10-11(2)17-18(12(10)3)9-13-5-6-15(19-4)14(7-13)8-16/h5-7H,8-9,16H2,1-4H3. The summed E-state index contributed by atoms with van der Waals surface area (Å²) in [6, 6.07) is 6.12. The van der Waals surface area contributed by atoms with E-state index in [9.17, 15) is 0 Å². The van der Waals surface area contributed by atoms with Crippen molar-refractivity contribution in [2.75, 3.05) is 7.11 Å². The molecule has 0 unspecified atom stereocenters. The molecule has 2 N–H and O–H groups in total. The Morgan fingerprint density at radius 3 is 2.53 bits per heavy atom. The van der Waals surface area contributed by atoms with Gasteiger partial charge in [0.2, 0.25) is 0 Å². The molecule has 2 rings (SSSR count). The summed E-state index contributed by atoms with van der Waals surface area (Å²) >= 11 is 0. The smallest absolute Gasteiger partial charge is 0.123 e. The first-order valence-corrected chi connectivity index (χ1v) is 6.43. The molecule has 0 saturated carbocycles. The fraction of sp³-hybridized carbons (Fsp3) is 0.400. The molecule has 1 aromatic heterocycles. The predicted octanol–water partition coefficient (Wildman–Crippen LogP) is 2.32. The average molecular weight is 259 g/mol. The van der Waals surface area contributed by atoms with Crippen molar-refractivity contribution in [3.63, 3.8) is 0 Å². The van der Waals surface area contributed by atoms with Crippen molar-refractivity contribution in [3.05, 3.63) is 46.3 Å². The van der Waals surface area contributed by atoms with Crippen molar-refractivity contribution >= 4 is 0 Å². The molecule has 0 aliphatic rings. The molecular weight excluding hydrogens is 238 g/mol. The van der Waals surface area contributed by atoms with Gasteiger partial charge in [-0.1, -0.05) is 6.07 Å². The molecule has 1 heterocycles. The fourth-order valence-corrected chi connectivity index (χ4v) is 2.20. The van der Waals surface area contributed by atoms with Crippen LogP contribution in [0.4, 0.5) is 0 Å². The number of hydrogen-bond acceptors (Lipinski definition) is 3. The number of rotatable bonds is 4. The number of aryl methyl sites for hydroxylation is 1. The lowest BCUT2D eigenvalue weighted by molar-refractivity contribution is 0.409. The minimum atomic E-state index is 0.479. The van der Waals surface area contributed by atoms with Gasteiger partial charge in [-0.2, -0.15) is 5.10 Å². The molecule has 0 spiro atoms. The van der Waals surface area contributed by atoms with Crippen LogP contribution in [-0.4, -0.2) is 16.9 Å². The third-order valence-corrected chi connectivity index (χ3v) is 3.64. The second kappa shape index (κ2) is 5.45. The molecular formula is C15H21N3O. The van der Waals surface area contributed by atoms with Gasteiger partial charge in [0.1, 0.15) is 5.75 Å². The molecule has 0 atom stereocenters. The van der Waals surface area contributed by atoms with Crippen LogP contribution < -0.4 is 10.5 Å². The molecule has 0 radical (unpaired) electrons. The van der Waals surface area contributed by atoms with E-state index in [-0.39, 0.29) is 0 Å². The fourth-order valence-electron chi connectivity index (χ4n) is 2.20. The van der Waals surface area contributed by atoms with Crippen LogP contribution >= 0.6 is 0 Å². The highest BCUT2D eigenvalue weighted by atomic mass is 16.5. The van der Waals surface area contributed by atoms with Crippen LogP contribution in [0.2, 0.25) is 0 Å². The maximum atomic E-state index is 5.74. The molecule has 0 saturated heterocycles. The topological polar surface area (TPSA) is 53.1 Å². The van der Waals surface area contributed by atoms with Crippen molar-refractivity contribution in [2.24, 2.45) is 5.73 Å². The van der Waals surface area contributed by atoms with E-state index in [0.29, 0.717) is 6.54 Å². The van der Waals surface area contributed by atoms with E-state index < -0.39 is 0 Å². The van der Waals surface area contributed by atoms with E-state index in [0.717, 1.165) is 23.6 Å². The van der Waals surface area contributed by atoms with Crippen molar-refractivity contribution in [2.45, 2.75) is 33.9 Å². The zero-order valence-electron chi connectivity index (χ0n) is 12.0. The zero-order chi connectivity index (χ0) is 14.0. The van der Waals surface area contributed by atoms with Gasteiger partial charge in [-0.25, -0.2) is 0 Å². The Morgan fingerprint density at radius 2 is 2.00 bits per heavy atom. The summed E-state index contributed by atoms with van der Waals surface area (Å²) in [6.07, 6.45) is 0. The molecule has 0 fully saturated rings.